The van der Waals surface area contributed by atoms with Crippen molar-refractivity contribution in [2.24, 2.45) is 16.2 Å². The van der Waals surface area contributed by atoms with Crippen LogP contribution >= 0.6 is 47.8 Å². The van der Waals surface area contributed by atoms with E-state index in [4.69, 9.17) is 19.0 Å². The van der Waals surface area contributed by atoms with Crippen molar-refractivity contribution >= 4 is 65.6 Å². The van der Waals surface area contributed by atoms with Crippen LogP contribution in [0.4, 0.5) is 0 Å². The lowest BCUT2D eigenvalue weighted by Crippen LogP contribution is -2.31. The van der Waals surface area contributed by atoms with Crippen LogP contribution in [0, 0.1) is 5.92 Å². The van der Waals surface area contributed by atoms with Crippen LogP contribution in [0.2, 0.25) is 0 Å². The molecule has 8 nitrogen and oxygen atoms in total. The van der Waals surface area contributed by atoms with Crippen LogP contribution in [-0.4, -0.2) is 31.7 Å². The maximum absolute atomic E-state index is 12.6. The Labute approximate surface area is 203 Å². The zero-order chi connectivity index (χ0) is 22.1. The second-order valence-corrected chi connectivity index (χ2v) is 9.18. The molecule has 11 heteroatoms. The molecule has 2 aliphatic heterocycles. The largest absolute Gasteiger partial charge is 0.492 e. The number of amides is 1. The Kier molecular flexibility index (Phi) is 6.54. The number of carbonyl (C=O) groups excluding carboxylic acids is 1. The van der Waals surface area contributed by atoms with Gasteiger partial charge in [0.25, 0.3) is 5.91 Å². The summed E-state index contributed by atoms with van der Waals surface area (Å²) in [6.45, 7) is 1.94. The molecule has 31 heavy (non-hydrogen) atoms. The number of rotatable bonds is 5. The average molecular weight is 618 g/mol. The molecule has 0 bridgehead atoms. The topological polar surface area (TPSA) is 90.7 Å². The van der Waals surface area contributed by atoms with E-state index in [1.54, 1.807) is 6.21 Å². The molecule has 2 aromatic carbocycles. The highest BCUT2D eigenvalue weighted by Gasteiger charge is 2.41. The van der Waals surface area contributed by atoms with Crippen molar-refractivity contribution < 1.29 is 23.8 Å². The van der Waals surface area contributed by atoms with Crippen molar-refractivity contribution in [1.29, 1.82) is 0 Å². The molecule has 1 N–H and O–H groups in total. The van der Waals surface area contributed by atoms with Gasteiger partial charge >= 0.3 is 0 Å². The van der Waals surface area contributed by atoms with Gasteiger partial charge < -0.3 is 19.0 Å². The lowest BCUT2D eigenvalue weighted by atomic mass is 9.93. The molecule has 0 unspecified atom stereocenters. The van der Waals surface area contributed by atoms with Gasteiger partial charge in [0, 0.05) is 10.0 Å². The molecule has 2 atom stereocenters. The van der Waals surface area contributed by atoms with Crippen LogP contribution in [0.15, 0.2) is 47.9 Å². The number of ether oxygens (including phenoxy) is 3. The molecule has 2 aromatic rings. The summed E-state index contributed by atoms with van der Waals surface area (Å²) < 4.78 is 18.8. The number of fused-ring (bicyclic) bond motifs is 1. The highest BCUT2D eigenvalue weighted by Crippen LogP contribution is 2.55. The molecule has 2 heterocycles. The van der Waals surface area contributed by atoms with E-state index in [2.05, 4.69) is 63.5 Å². The minimum Gasteiger partial charge on any atom is -0.492 e. The summed E-state index contributed by atoms with van der Waals surface area (Å²) in [5, 5.41) is 8.02. The van der Waals surface area contributed by atoms with E-state index in [1.165, 1.54) is 7.11 Å². The van der Waals surface area contributed by atoms with Crippen LogP contribution in [0.5, 0.6) is 17.2 Å². The van der Waals surface area contributed by atoms with E-state index in [0.29, 0.717) is 31.8 Å². The molecule has 0 saturated heterocycles. The minimum atomic E-state index is -0.552. The predicted molar refractivity (Wildman–Crippen MR) is 125 cm³/mol. The first-order valence-electron chi connectivity index (χ1n) is 9.09. The second-order valence-electron chi connectivity index (χ2n) is 6.68. The van der Waals surface area contributed by atoms with Gasteiger partial charge in [0.2, 0.25) is 12.5 Å². The molecule has 0 fully saturated rings. The van der Waals surface area contributed by atoms with Gasteiger partial charge in [0.1, 0.15) is 0 Å². The number of hydrogen-bond acceptors (Lipinski definition) is 7. The lowest BCUT2D eigenvalue weighted by Gasteiger charge is -2.20. The van der Waals surface area contributed by atoms with Gasteiger partial charge in [-0.05, 0) is 49.6 Å². The highest BCUT2D eigenvalue weighted by molar-refractivity contribution is 9.11. The Morgan fingerprint density at radius 1 is 1.19 bits per heavy atom. The van der Waals surface area contributed by atoms with E-state index < -0.39 is 12.0 Å². The Bertz CT molecular complexity index is 1090. The van der Waals surface area contributed by atoms with Gasteiger partial charge in [-0.1, -0.05) is 40.1 Å². The van der Waals surface area contributed by atoms with Gasteiger partial charge in [0.05, 0.1) is 28.2 Å². The summed E-state index contributed by atoms with van der Waals surface area (Å²) >= 11 is 10.5. The molecule has 0 saturated carbocycles. The lowest BCUT2D eigenvalue weighted by molar-refractivity contribution is -0.115. The number of carbonyl (C=O) groups is 1. The van der Waals surface area contributed by atoms with Crippen molar-refractivity contribution in [2.45, 2.75) is 13.0 Å². The first kappa shape index (κ1) is 22.1. The molecule has 1 amide bonds. The molecule has 0 spiro atoms. The number of hydrogen-bond donors (Lipinski definition) is 1. The molecular formula is C20H16Br3N3O5. The quantitative estimate of drug-likeness (QED) is 0.380. The van der Waals surface area contributed by atoms with E-state index in [0.717, 1.165) is 10.0 Å². The number of hydrazone groups is 1. The average Bonchev–Trinajstić information content (AvgIpc) is 3.38. The van der Waals surface area contributed by atoms with E-state index in [-0.39, 0.29) is 18.4 Å². The Morgan fingerprint density at radius 3 is 2.61 bits per heavy atom. The predicted octanol–water partition coefficient (Wildman–Crippen LogP) is 4.93. The first-order chi connectivity index (χ1) is 14.9. The molecule has 4 rings (SSSR count). The monoisotopic (exact) mass is 615 g/mol. The number of oxime groups is 1. The summed E-state index contributed by atoms with van der Waals surface area (Å²) in [6, 6.07) is 7.52. The molecule has 0 radical (unpaired) electrons. The van der Waals surface area contributed by atoms with Crippen molar-refractivity contribution in [3.8, 4) is 17.2 Å². The summed E-state index contributed by atoms with van der Waals surface area (Å²) in [5.74, 6) is 0.696. The third-order valence-corrected chi connectivity index (χ3v) is 6.91. The molecular weight excluding hydrogens is 602 g/mol. The summed E-state index contributed by atoms with van der Waals surface area (Å²) in [4.78, 5) is 18.3. The Hall–Kier alpha value is -2.11. The maximum Gasteiger partial charge on any atom is 0.289 e. The fourth-order valence-corrected chi connectivity index (χ4v) is 5.25. The van der Waals surface area contributed by atoms with Crippen molar-refractivity contribution in [3.05, 3.63) is 48.8 Å². The smallest absolute Gasteiger partial charge is 0.289 e. The Balaban J connectivity index is 1.52. The van der Waals surface area contributed by atoms with E-state index in [9.17, 15) is 4.79 Å². The number of methoxy groups -OCH3 is 1. The van der Waals surface area contributed by atoms with Crippen LogP contribution in [0.3, 0.4) is 0 Å². The fraction of sp³-hybridized carbons (Fsp3) is 0.250. The number of nitrogens with one attached hydrogen (secondary N) is 1. The maximum atomic E-state index is 12.6. The first-order valence-corrected chi connectivity index (χ1v) is 11.5. The normalized spacial score (nSPS) is 19.3. The Morgan fingerprint density at radius 2 is 1.90 bits per heavy atom. The molecule has 162 valence electrons. The molecule has 0 aromatic heterocycles. The minimum absolute atomic E-state index is 0.0851. The van der Waals surface area contributed by atoms with Gasteiger partial charge in [-0.2, -0.15) is 5.10 Å². The molecule has 0 aliphatic carbocycles. The van der Waals surface area contributed by atoms with Crippen molar-refractivity contribution in [2.75, 3.05) is 13.9 Å². The van der Waals surface area contributed by atoms with Crippen LogP contribution in [0.25, 0.3) is 0 Å². The van der Waals surface area contributed by atoms with Gasteiger partial charge in [-0.25, -0.2) is 5.43 Å². The second kappa shape index (κ2) is 9.17. The summed E-state index contributed by atoms with van der Waals surface area (Å²) in [5.41, 5.74) is 4.28. The third-order valence-electron chi connectivity index (χ3n) is 4.81. The van der Waals surface area contributed by atoms with Gasteiger partial charge in [-0.3, -0.25) is 4.79 Å². The van der Waals surface area contributed by atoms with Crippen molar-refractivity contribution in [3.63, 3.8) is 0 Å². The van der Waals surface area contributed by atoms with Gasteiger partial charge in [0.15, 0.2) is 23.3 Å². The summed E-state index contributed by atoms with van der Waals surface area (Å²) in [6.07, 6.45) is 1.00. The van der Waals surface area contributed by atoms with E-state index in [1.807, 2.05) is 31.2 Å². The van der Waals surface area contributed by atoms with Crippen LogP contribution < -0.4 is 19.6 Å². The summed E-state index contributed by atoms with van der Waals surface area (Å²) in [7, 11) is 1.54. The van der Waals surface area contributed by atoms with Crippen LogP contribution in [-0.2, 0) is 9.63 Å². The molecule has 2 aliphatic rings. The standard InChI is InChI=1S/C20H16Br3N3O5/c1-9-15(20(27)25-24-7-10-3-5-11(21)6-4-10)26-31-16(9)12-13(22)17(28-2)19-18(14(12)23)29-8-30-19/h3-7,9,16H,8H2,1-2H3,(H,25,27)/b24-7-/t9-,16+/m0/s1. The third kappa shape index (κ3) is 4.18. The number of benzene rings is 2. The zero-order valence-corrected chi connectivity index (χ0v) is 21.1. The highest BCUT2D eigenvalue weighted by atomic mass is 79.9. The van der Waals surface area contributed by atoms with E-state index >= 15 is 0 Å². The van der Waals surface area contributed by atoms with Crippen LogP contribution in [0.1, 0.15) is 24.2 Å². The van der Waals surface area contributed by atoms with Crippen molar-refractivity contribution in [1.82, 2.24) is 5.43 Å². The number of nitrogens with zero attached hydrogens (tertiary/aromatic N) is 2. The van der Waals surface area contributed by atoms with Gasteiger partial charge in [-0.15, -0.1) is 0 Å². The zero-order valence-electron chi connectivity index (χ0n) is 16.3. The number of halogens is 3. The fourth-order valence-electron chi connectivity index (χ4n) is 3.24. The SMILES string of the molecule is COc1c(Br)c([C@@H]2ON=C(C(=O)N/N=C\c3ccc(Br)cc3)[C@@H]2C)c(Br)c2c1OCO2.